The van der Waals surface area contributed by atoms with Gasteiger partial charge in [0.05, 0.1) is 13.2 Å². The molecule has 2 atom stereocenters. The summed E-state index contributed by atoms with van der Waals surface area (Å²) in [6.45, 7) is 6.76. The molecule has 2 aliphatic rings. The topological polar surface area (TPSA) is 65.1 Å². The molecule has 2 aliphatic heterocycles. The number of carbonyl (C=O) groups excluding carboxylic acids is 2. The minimum absolute atomic E-state index is 0.134. The van der Waals surface area contributed by atoms with Gasteiger partial charge in [0, 0.05) is 25.6 Å². The van der Waals surface area contributed by atoms with Gasteiger partial charge in [0.15, 0.2) is 18.1 Å². The van der Waals surface area contributed by atoms with Crippen molar-refractivity contribution in [3.63, 3.8) is 0 Å². The lowest BCUT2D eigenvalue weighted by Crippen LogP contribution is -2.44. The van der Waals surface area contributed by atoms with E-state index in [1.165, 1.54) is 6.08 Å². The first-order valence-corrected chi connectivity index (χ1v) is 9.53. The quantitative estimate of drug-likeness (QED) is 0.600. The van der Waals surface area contributed by atoms with Crippen LogP contribution in [0.5, 0.6) is 11.5 Å². The zero-order valence-corrected chi connectivity index (χ0v) is 16.0. The van der Waals surface area contributed by atoms with E-state index in [4.69, 9.17) is 14.2 Å². The number of ether oxygens (including phenoxy) is 3. The molecule has 0 aromatic heterocycles. The van der Waals surface area contributed by atoms with Crippen LogP contribution in [0.4, 0.5) is 0 Å². The van der Waals surface area contributed by atoms with Crippen molar-refractivity contribution in [2.24, 2.45) is 11.8 Å². The Labute approximate surface area is 160 Å². The van der Waals surface area contributed by atoms with Crippen LogP contribution < -0.4 is 9.47 Å². The van der Waals surface area contributed by atoms with Gasteiger partial charge in [-0.15, -0.1) is 0 Å². The molecule has 0 bridgehead atoms. The van der Waals surface area contributed by atoms with Crippen LogP contribution >= 0.6 is 0 Å². The van der Waals surface area contributed by atoms with E-state index < -0.39 is 5.97 Å². The molecule has 1 aromatic carbocycles. The first-order chi connectivity index (χ1) is 13.0. The summed E-state index contributed by atoms with van der Waals surface area (Å²) < 4.78 is 16.3. The van der Waals surface area contributed by atoms with E-state index in [2.05, 4.69) is 13.8 Å². The number of esters is 1. The molecule has 0 spiro atoms. The number of piperidine rings is 1. The normalized spacial score (nSPS) is 22.4. The third kappa shape index (κ3) is 5.49. The van der Waals surface area contributed by atoms with Gasteiger partial charge < -0.3 is 19.1 Å². The molecule has 0 radical (unpaired) electrons. The molecule has 0 aliphatic carbocycles. The van der Waals surface area contributed by atoms with E-state index in [0.29, 0.717) is 36.5 Å². The Hall–Kier alpha value is -2.50. The monoisotopic (exact) mass is 373 g/mol. The largest absolute Gasteiger partial charge is 0.490 e. The van der Waals surface area contributed by atoms with Crippen LogP contribution in [0.3, 0.4) is 0 Å². The molecule has 0 N–H and O–H groups in total. The summed E-state index contributed by atoms with van der Waals surface area (Å²) in [4.78, 5) is 26.0. The molecule has 1 aromatic rings. The van der Waals surface area contributed by atoms with Gasteiger partial charge in [-0.05, 0) is 42.0 Å². The Bertz CT molecular complexity index is 705. The number of rotatable bonds is 4. The Morgan fingerprint density at radius 2 is 1.85 bits per heavy atom. The van der Waals surface area contributed by atoms with Gasteiger partial charge in [-0.2, -0.15) is 0 Å². The van der Waals surface area contributed by atoms with Crippen LogP contribution in [0.1, 0.15) is 32.3 Å². The average Bonchev–Trinajstić information content (AvgIpc) is 2.88. The molecular formula is C21H27NO5. The lowest BCUT2D eigenvalue weighted by molar-refractivity contribution is -0.149. The van der Waals surface area contributed by atoms with Crippen LogP contribution in [-0.4, -0.2) is 49.7 Å². The van der Waals surface area contributed by atoms with Gasteiger partial charge >= 0.3 is 5.97 Å². The summed E-state index contributed by atoms with van der Waals surface area (Å²) in [6.07, 6.45) is 4.94. The highest BCUT2D eigenvalue weighted by Gasteiger charge is 2.25. The van der Waals surface area contributed by atoms with Crippen molar-refractivity contribution in [2.75, 3.05) is 32.9 Å². The number of benzene rings is 1. The number of carbonyl (C=O) groups is 2. The number of hydrogen-bond acceptors (Lipinski definition) is 5. The fourth-order valence-electron chi connectivity index (χ4n) is 3.59. The number of amides is 1. The Morgan fingerprint density at radius 1 is 1.15 bits per heavy atom. The average molecular weight is 373 g/mol. The lowest BCUT2D eigenvalue weighted by atomic mass is 9.92. The summed E-state index contributed by atoms with van der Waals surface area (Å²) >= 11 is 0. The second-order valence-corrected chi connectivity index (χ2v) is 7.44. The summed E-state index contributed by atoms with van der Waals surface area (Å²) in [5.74, 6) is 1.68. The van der Waals surface area contributed by atoms with Crippen LogP contribution in [0.15, 0.2) is 24.3 Å². The first-order valence-electron chi connectivity index (χ1n) is 9.53. The summed E-state index contributed by atoms with van der Waals surface area (Å²) in [7, 11) is 0. The highest BCUT2D eigenvalue weighted by Crippen LogP contribution is 2.30. The standard InChI is InChI=1S/C21H27NO5/c1-15-10-16(2)13-22(12-15)20(23)14-27-21(24)7-5-17-4-6-18-19(11-17)26-9-3-8-25-18/h4-7,11,15-16H,3,8-10,12-14H2,1-2H3/b7-5+/t15-,16+. The number of likely N-dealkylation sites (tertiary alicyclic amines) is 1. The minimum Gasteiger partial charge on any atom is -0.490 e. The first kappa shape index (κ1) is 19.3. The SMILES string of the molecule is C[C@@H]1C[C@H](C)CN(C(=O)COC(=O)/C=C/c2ccc3c(c2)OCCCO3)C1. The second-order valence-electron chi connectivity index (χ2n) is 7.44. The molecule has 6 heteroatoms. The molecule has 6 nitrogen and oxygen atoms in total. The van der Waals surface area contributed by atoms with E-state index >= 15 is 0 Å². The summed E-state index contributed by atoms with van der Waals surface area (Å²) in [5.41, 5.74) is 0.807. The van der Waals surface area contributed by atoms with Crippen LogP contribution in [0, 0.1) is 11.8 Å². The molecule has 1 fully saturated rings. The van der Waals surface area contributed by atoms with E-state index in [1.807, 2.05) is 18.2 Å². The van der Waals surface area contributed by atoms with Crippen molar-refractivity contribution >= 4 is 18.0 Å². The van der Waals surface area contributed by atoms with Crippen molar-refractivity contribution in [1.82, 2.24) is 4.90 Å². The van der Waals surface area contributed by atoms with Crippen molar-refractivity contribution in [3.05, 3.63) is 29.8 Å². The third-order valence-electron chi connectivity index (χ3n) is 4.74. The smallest absolute Gasteiger partial charge is 0.331 e. The van der Waals surface area contributed by atoms with Gasteiger partial charge in [0.1, 0.15) is 0 Å². The van der Waals surface area contributed by atoms with E-state index in [-0.39, 0.29) is 12.5 Å². The predicted molar refractivity (Wildman–Crippen MR) is 102 cm³/mol. The van der Waals surface area contributed by atoms with Crippen molar-refractivity contribution < 1.29 is 23.8 Å². The van der Waals surface area contributed by atoms with E-state index in [0.717, 1.165) is 31.5 Å². The Morgan fingerprint density at radius 3 is 2.59 bits per heavy atom. The molecule has 1 saturated heterocycles. The number of fused-ring (bicyclic) bond motifs is 1. The van der Waals surface area contributed by atoms with Gasteiger partial charge in [0.2, 0.25) is 0 Å². The maximum atomic E-state index is 12.3. The van der Waals surface area contributed by atoms with Gasteiger partial charge in [-0.1, -0.05) is 19.9 Å². The molecule has 2 heterocycles. The number of hydrogen-bond donors (Lipinski definition) is 0. The van der Waals surface area contributed by atoms with E-state index in [9.17, 15) is 9.59 Å². The number of nitrogens with zero attached hydrogens (tertiary/aromatic N) is 1. The van der Waals surface area contributed by atoms with E-state index in [1.54, 1.807) is 11.0 Å². The molecule has 146 valence electrons. The maximum Gasteiger partial charge on any atom is 0.331 e. The maximum absolute atomic E-state index is 12.3. The highest BCUT2D eigenvalue weighted by atomic mass is 16.5. The summed E-state index contributed by atoms with van der Waals surface area (Å²) in [6, 6.07) is 5.50. The van der Waals surface area contributed by atoms with Crippen LogP contribution in [0.25, 0.3) is 6.08 Å². The molecule has 0 saturated carbocycles. The third-order valence-corrected chi connectivity index (χ3v) is 4.74. The van der Waals surface area contributed by atoms with Crippen LogP contribution in [-0.2, 0) is 14.3 Å². The Kier molecular flexibility index (Phi) is 6.37. The molecule has 1 amide bonds. The van der Waals surface area contributed by atoms with Gasteiger partial charge in [0.25, 0.3) is 5.91 Å². The zero-order valence-electron chi connectivity index (χ0n) is 16.0. The molecule has 3 rings (SSSR count). The fourth-order valence-corrected chi connectivity index (χ4v) is 3.59. The lowest BCUT2D eigenvalue weighted by Gasteiger charge is -2.34. The van der Waals surface area contributed by atoms with Gasteiger partial charge in [-0.3, -0.25) is 4.79 Å². The highest BCUT2D eigenvalue weighted by molar-refractivity contribution is 5.89. The zero-order chi connectivity index (χ0) is 19.2. The van der Waals surface area contributed by atoms with Gasteiger partial charge in [-0.25, -0.2) is 4.79 Å². The Balaban J connectivity index is 1.50. The molecule has 0 unspecified atom stereocenters. The minimum atomic E-state index is -0.534. The fraction of sp³-hybridized carbons (Fsp3) is 0.524. The van der Waals surface area contributed by atoms with Crippen LogP contribution in [0.2, 0.25) is 0 Å². The second kappa shape index (κ2) is 8.93. The van der Waals surface area contributed by atoms with Crippen molar-refractivity contribution in [1.29, 1.82) is 0 Å². The van der Waals surface area contributed by atoms with Crippen molar-refractivity contribution in [3.8, 4) is 11.5 Å². The van der Waals surface area contributed by atoms with Crippen molar-refractivity contribution in [2.45, 2.75) is 26.7 Å². The molecule has 27 heavy (non-hydrogen) atoms. The summed E-state index contributed by atoms with van der Waals surface area (Å²) in [5, 5.41) is 0. The molecular weight excluding hydrogens is 346 g/mol. The predicted octanol–water partition coefficient (Wildman–Crippen LogP) is 2.91.